The van der Waals surface area contributed by atoms with Crippen molar-refractivity contribution in [1.29, 1.82) is 5.26 Å². The SMILES string of the molecule is CC(C)N1CCN(C(=O)c2ccc3c(c2)cc(C(=O)N2CCC(F)(F)CC2)n3CC#N)CC1. The van der Waals surface area contributed by atoms with Gasteiger partial charge in [0.2, 0.25) is 0 Å². The fourth-order valence-electron chi connectivity index (χ4n) is 4.65. The Bertz CT molecular complexity index is 1090. The third-order valence-corrected chi connectivity index (χ3v) is 6.71. The summed E-state index contributed by atoms with van der Waals surface area (Å²) >= 11 is 0. The molecule has 1 aromatic heterocycles. The van der Waals surface area contributed by atoms with E-state index in [9.17, 15) is 23.6 Å². The van der Waals surface area contributed by atoms with Crippen molar-refractivity contribution in [3.63, 3.8) is 0 Å². The van der Waals surface area contributed by atoms with Gasteiger partial charge in [-0.05, 0) is 38.1 Å². The van der Waals surface area contributed by atoms with Crippen molar-refractivity contribution in [2.75, 3.05) is 39.3 Å². The highest BCUT2D eigenvalue weighted by Crippen LogP contribution is 2.30. The molecule has 1 aromatic carbocycles. The molecule has 0 unspecified atom stereocenters. The van der Waals surface area contributed by atoms with Gasteiger partial charge in [-0.3, -0.25) is 14.5 Å². The van der Waals surface area contributed by atoms with Crippen LogP contribution in [-0.2, 0) is 6.54 Å². The zero-order valence-electron chi connectivity index (χ0n) is 19.1. The first-order valence-corrected chi connectivity index (χ1v) is 11.4. The minimum Gasteiger partial charge on any atom is -0.337 e. The molecule has 0 N–H and O–H groups in total. The summed E-state index contributed by atoms with van der Waals surface area (Å²) in [7, 11) is 0. The van der Waals surface area contributed by atoms with E-state index in [1.807, 2.05) is 4.90 Å². The molecule has 9 heteroatoms. The van der Waals surface area contributed by atoms with E-state index < -0.39 is 5.92 Å². The number of carbonyl (C=O) groups excluding carboxylic acids is 2. The smallest absolute Gasteiger partial charge is 0.270 e. The number of aromatic nitrogens is 1. The Labute approximate surface area is 192 Å². The van der Waals surface area contributed by atoms with E-state index in [1.54, 1.807) is 28.8 Å². The second-order valence-electron chi connectivity index (χ2n) is 9.12. The number of piperazine rings is 1. The summed E-state index contributed by atoms with van der Waals surface area (Å²) < 4.78 is 28.6. The fraction of sp³-hybridized carbons (Fsp3) is 0.542. The predicted molar refractivity (Wildman–Crippen MR) is 120 cm³/mol. The maximum absolute atomic E-state index is 13.5. The van der Waals surface area contributed by atoms with Gasteiger partial charge in [-0.1, -0.05) is 0 Å². The van der Waals surface area contributed by atoms with Gasteiger partial charge in [0, 0.05) is 74.6 Å². The van der Waals surface area contributed by atoms with Crippen LogP contribution in [0.15, 0.2) is 24.3 Å². The van der Waals surface area contributed by atoms with Crippen LogP contribution in [0.4, 0.5) is 8.78 Å². The van der Waals surface area contributed by atoms with Crippen LogP contribution in [0.25, 0.3) is 10.9 Å². The molecule has 0 saturated carbocycles. The number of nitrogens with zero attached hydrogens (tertiary/aromatic N) is 5. The van der Waals surface area contributed by atoms with Crippen LogP contribution in [0.2, 0.25) is 0 Å². The van der Waals surface area contributed by atoms with Crippen molar-refractivity contribution in [2.24, 2.45) is 0 Å². The predicted octanol–water partition coefficient (Wildman–Crippen LogP) is 3.20. The molecule has 33 heavy (non-hydrogen) atoms. The molecular formula is C24H29F2N5O2. The zero-order valence-corrected chi connectivity index (χ0v) is 19.1. The zero-order chi connectivity index (χ0) is 23.8. The molecule has 2 aliphatic rings. The standard InChI is InChI=1S/C24H29F2N5O2/c1-17(2)28-11-13-30(14-12-28)22(32)18-3-4-20-19(15-18)16-21(31(20)10-7-27)23(33)29-8-5-24(25,26)6-9-29/h3-4,15-17H,5-6,8-14H2,1-2H3. The van der Waals surface area contributed by atoms with Crippen molar-refractivity contribution in [3.8, 4) is 6.07 Å². The second kappa shape index (κ2) is 9.10. The molecule has 2 amide bonds. The summed E-state index contributed by atoms with van der Waals surface area (Å²) in [6.07, 6.45) is -0.722. The Morgan fingerprint density at radius 1 is 1.00 bits per heavy atom. The molecule has 0 bridgehead atoms. The van der Waals surface area contributed by atoms with E-state index in [-0.39, 0.29) is 50.0 Å². The molecule has 2 fully saturated rings. The van der Waals surface area contributed by atoms with E-state index in [2.05, 4.69) is 24.8 Å². The summed E-state index contributed by atoms with van der Waals surface area (Å²) in [6, 6.07) is 9.41. The molecule has 0 spiro atoms. The number of hydrogen-bond acceptors (Lipinski definition) is 4. The summed E-state index contributed by atoms with van der Waals surface area (Å²) in [5.41, 5.74) is 1.49. The van der Waals surface area contributed by atoms with Crippen molar-refractivity contribution in [3.05, 3.63) is 35.5 Å². The molecule has 0 radical (unpaired) electrons. The van der Waals surface area contributed by atoms with Gasteiger partial charge in [0.1, 0.15) is 12.2 Å². The van der Waals surface area contributed by atoms with Crippen LogP contribution in [0.3, 0.4) is 0 Å². The van der Waals surface area contributed by atoms with Gasteiger partial charge in [0.15, 0.2) is 0 Å². The van der Waals surface area contributed by atoms with E-state index in [1.165, 1.54) is 4.90 Å². The lowest BCUT2D eigenvalue weighted by Gasteiger charge is -2.37. The average Bonchev–Trinajstić information content (AvgIpc) is 3.16. The highest BCUT2D eigenvalue weighted by atomic mass is 19.3. The molecule has 2 saturated heterocycles. The van der Waals surface area contributed by atoms with E-state index in [0.717, 1.165) is 13.1 Å². The number of halogens is 2. The quantitative estimate of drug-likeness (QED) is 0.707. The Balaban J connectivity index is 1.58. The summed E-state index contributed by atoms with van der Waals surface area (Å²) in [4.78, 5) is 31.8. The number of piperidine rings is 1. The topological polar surface area (TPSA) is 72.6 Å². The fourth-order valence-corrected chi connectivity index (χ4v) is 4.65. The van der Waals surface area contributed by atoms with Gasteiger partial charge in [-0.2, -0.15) is 5.26 Å². The van der Waals surface area contributed by atoms with Crippen molar-refractivity contribution in [2.45, 2.75) is 45.2 Å². The summed E-state index contributed by atoms with van der Waals surface area (Å²) in [5.74, 6) is -3.17. The molecule has 2 aromatic rings. The number of benzene rings is 1. The first kappa shape index (κ1) is 23.2. The van der Waals surface area contributed by atoms with E-state index in [0.29, 0.717) is 35.6 Å². The lowest BCUT2D eigenvalue weighted by atomic mass is 10.1. The van der Waals surface area contributed by atoms with Crippen LogP contribution in [0, 0.1) is 11.3 Å². The largest absolute Gasteiger partial charge is 0.337 e. The Kier molecular flexibility index (Phi) is 6.39. The van der Waals surface area contributed by atoms with Gasteiger partial charge < -0.3 is 14.4 Å². The number of carbonyl (C=O) groups is 2. The Hall–Kier alpha value is -2.99. The highest BCUT2D eigenvalue weighted by molar-refractivity contribution is 6.02. The number of likely N-dealkylation sites (tertiary alicyclic amines) is 1. The van der Waals surface area contributed by atoms with Crippen LogP contribution in [-0.4, -0.2) is 82.3 Å². The van der Waals surface area contributed by atoms with Crippen molar-refractivity contribution < 1.29 is 18.4 Å². The molecule has 0 aliphatic carbocycles. The number of amides is 2. The molecule has 176 valence electrons. The van der Waals surface area contributed by atoms with E-state index >= 15 is 0 Å². The van der Waals surface area contributed by atoms with Crippen LogP contribution >= 0.6 is 0 Å². The average molecular weight is 458 g/mol. The lowest BCUT2D eigenvalue weighted by Crippen LogP contribution is -2.50. The van der Waals surface area contributed by atoms with Crippen molar-refractivity contribution in [1.82, 2.24) is 19.3 Å². The lowest BCUT2D eigenvalue weighted by molar-refractivity contribution is -0.0495. The van der Waals surface area contributed by atoms with E-state index in [4.69, 9.17) is 0 Å². The van der Waals surface area contributed by atoms with Gasteiger partial charge in [-0.25, -0.2) is 8.78 Å². The van der Waals surface area contributed by atoms with Crippen molar-refractivity contribution >= 4 is 22.7 Å². The number of fused-ring (bicyclic) bond motifs is 1. The summed E-state index contributed by atoms with van der Waals surface area (Å²) in [6.45, 7) is 7.19. The number of rotatable bonds is 4. The molecule has 4 rings (SSSR count). The Morgan fingerprint density at radius 2 is 1.64 bits per heavy atom. The molecule has 2 aliphatic heterocycles. The number of alkyl halides is 2. The molecule has 3 heterocycles. The maximum Gasteiger partial charge on any atom is 0.270 e. The first-order chi connectivity index (χ1) is 15.7. The van der Waals surface area contributed by atoms with Crippen LogP contribution in [0.5, 0.6) is 0 Å². The molecular weight excluding hydrogens is 428 g/mol. The Morgan fingerprint density at radius 3 is 2.24 bits per heavy atom. The second-order valence-corrected chi connectivity index (χ2v) is 9.12. The summed E-state index contributed by atoms with van der Waals surface area (Å²) in [5, 5.41) is 9.98. The van der Waals surface area contributed by atoms with Crippen LogP contribution in [0.1, 0.15) is 47.5 Å². The van der Waals surface area contributed by atoms with Gasteiger partial charge in [-0.15, -0.1) is 0 Å². The molecule has 0 atom stereocenters. The first-order valence-electron chi connectivity index (χ1n) is 11.4. The maximum atomic E-state index is 13.5. The van der Waals surface area contributed by atoms with Crippen LogP contribution < -0.4 is 0 Å². The van der Waals surface area contributed by atoms with Gasteiger partial charge >= 0.3 is 0 Å². The third-order valence-electron chi connectivity index (χ3n) is 6.71. The highest BCUT2D eigenvalue weighted by Gasteiger charge is 2.36. The minimum absolute atomic E-state index is 0.0218. The van der Waals surface area contributed by atoms with Gasteiger partial charge in [0.05, 0.1) is 6.07 Å². The normalized spacial score (nSPS) is 19.2. The monoisotopic (exact) mass is 457 g/mol. The number of hydrogen-bond donors (Lipinski definition) is 0. The van der Waals surface area contributed by atoms with Gasteiger partial charge in [0.25, 0.3) is 17.7 Å². The number of nitriles is 1. The molecule has 7 nitrogen and oxygen atoms in total. The minimum atomic E-state index is -2.74. The third kappa shape index (κ3) is 4.71.